The maximum absolute atomic E-state index is 14.2. The van der Waals surface area contributed by atoms with E-state index in [1.807, 2.05) is 37.3 Å². The van der Waals surface area contributed by atoms with Crippen molar-refractivity contribution < 1.29 is 8.81 Å². The first-order valence-corrected chi connectivity index (χ1v) is 9.51. The first-order chi connectivity index (χ1) is 13.6. The second kappa shape index (κ2) is 6.38. The average Bonchev–Trinajstić information content (AvgIpc) is 3.27. The van der Waals surface area contributed by atoms with E-state index in [4.69, 9.17) is 4.42 Å². The predicted molar refractivity (Wildman–Crippen MR) is 107 cm³/mol. The third kappa shape index (κ3) is 2.63. The fourth-order valence-corrected chi connectivity index (χ4v) is 4.34. The zero-order valence-corrected chi connectivity index (χ0v) is 15.7. The van der Waals surface area contributed by atoms with Crippen LogP contribution in [-0.2, 0) is 6.54 Å². The molecule has 2 aromatic carbocycles. The Bertz CT molecular complexity index is 1390. The topological polar surface area (TPSA) is 60.9 Å². The van der Waals surface area contributed by atoms with Crippen LogP contribution < -0.4 is 5.56 Å². The molecular formula is C21H14FN3O2S. The Morgan fingerprint density at radius 1 is 1.14 bits per heavy atom. The van der Waals surface area contributed by atoms with Crippen molar-refractivity contribution in [2.75, 3.05) is 0 Å². The molecule has 0 bridgehead atoms. The Morgan fingerprint density at radius 2 is 1.96 bits per heavy atom. The Kier molecular flexibility index (Phi) is 3.84. The number of hydrogen-bond donors (Lipinski definition) is 0. The third-order valence-corrected chi connectivity index (χ3v) is 5.79. The van der Waals surface area contributed by atoms with Gasteiger partial charge in [-0.15, -0.1) is 11.3 Å². The number of benzene rings is 2. The standard InChI is InChI=1S/C21H14FN3O2S/c1-12-15(24-20(27-12)13-6-3-2-4-7-13)10-25-11-23-18-17-14(22)8-5-9-16(17)28-19(18)21(25)26/h2-9,11H,10H2,1H3. The van der Waals surface area contributed by atoms with Crippen LogP contribution in [0.4, 0.5) is 4.39 Å². The first kappa shape index (κ1) is 16.8. The molecule has 0 spiro atoms. The van der Waals surface area contributed by atoms with Crippen molar-refractivity contribution in [1.82, 2.24) is 14.5 Å². The molecule has 5 rings (SSSR count). The molecule has 0 amide bonds. The van der Waals surface area contributed by atoms with Gasteiger partial charge in [-0.05, 0) is 31.2 Å². The summed E-state index contributed by atoms with van der Waals surface area (Å²) in [6, 6.07) is 14.4. The van der Waals surface area contributed by atoms with Crippen molar-refractivity contribution in [2.45, 2.75) is 13.5 Å². The Labute approximate surface area is 162 Å². The largest absolute Gasteiger partial charge is 0.441 e. The summed E-state index contributed by atoms with van der Waals surface area (Å²) in [7, 11) is 0. The van der Waals surface area contributed by atoms with E-state index in [1.54, 1.807) is 12.1 Å². The van der Waals surface area contributed by atoms with Gasteiger partial charge in [-0.3, -0.25) is 9.36 Å². The summed E-state index contributed by atoms with van der Waals surface area (Å²) in [5.41, 5.74) is 1.72. The van der Waals surface area contributed by atoms with Crippen molar-refractivity contribution in [2.24, 2.45) is 0 Å². The van der Waals surface area contributed by atoms with Crippen molar-refractivity contribution in [1.29, 1.82) is 0 Å². The molecule has 5 nitrogen and oxygen atoms in total. The van der Waals surface area contributed by atoms with E-state index in [0.29, 0.717) is 37.6 Å². The fraction of sp³-hybridized carbons (Fsp3) is 0.0952. The van der Waals surface area contributed by atoms with Gasteiger partial charge < -0.3 is 4.42 Å². The summed E-state index contributed by atoms with van der Waals surface area (Å²) >= 11 is 1.25. The maximum atomic E-state index is 14.2. The number of aromatic nitrogens is 3. The summed E-state index contributed by atoms with van der Waals surface area (Å²) < 4.78 is 22.6. The molecule has 0 unspecified atom stereocenters. The average molecular weight is 391 g/mol. The number of hydrogen-bond acceptors (Lipinski definition) is 5. The van der Waals surface area contributed by atoms with Gasteiger partial charge in [0.2, 0.25) is 5.89 Å². The second-order valence-corrected chi connectivity index (χ2v) is 7.51. The van der Waals surface area contributed by atoms with E-state index in [-0.39, 0.29) is 17.9 Å². The minimum Gasteiger partial charge on any atom is -0.441 e. The summed E-state index contributed by atoms with van der Waals surface area (Å²) in [5, 5.41) is 0.399. The van der Waals surface area contributed by atoms with Gasteiger partial charge in [-0.1, -0.05) is 24.3 Å². The number of halogens is 1. The number of nitrogens with zero attached hydrogens (tertiary/aromatic N) is 3. The monoisotopic (exact) mass is 391 g/mol. The van der Waals surface area contributed by atoms with Crippen molar-refractivity contribution >= 4 is 31.6 Å². The van der Waals surface area contributed by atoms with Crippen LogP contribution in [-0.4, -0.2) is 14.5 Å². The van der Waals surface area contributed by atoms with Gasteiger partial charge in [-0.25, -0.2) is 14.4 Å². The highest BCUT2D eigenvalue weighted by Gasteiger charge is 2.17. The molecule has 28 heavy (non-hydrogen) atoms. The number of aryl methyl sites for hydroxylation is 1. The van der Waals surface area contributed by atoms with Gasteiger partial charge in [0, 0.05) is 10.3 Å². The lowest BCUT2D eigenvalue weighted by molar-refractivity contribution is 0.537. The van der Waals surface area contributed by atoms with Crippen LogP contribution in [0.25, 0.3) is 31.8 Å². The molecule has 0 aliphatic carbocycles. The van der Waals surface area contributed by atoms with Crippen molar-refractivity contribution in [3.63, 3.8) is 0 Å². The molecule has 0 N–H and O–H groups in total. The van der Waals surface area contributed by atoms with Gasteiger partial charge in [0.1, 0.15) is 22.0 Å². The summed E-state index contributed by atoms with van der Waals surface area (Å²) in [4.78, 5) is 21.9. The van der Waals surface area contributed by atoms with E-state index >= 15 is 0 Å². The number of oxazole rings is 1. The molecule has 138 valence electrons. The van der Waals surface area contributed by atoms with Crippen molar-refractivity contribution in [3.05, 3.63) is 82.5 Å². The minimum absolute atomic E-state index is 0.214. The van der Waals surface area contributed by atoms with Gasteiger partial charge in [0.15, 0.2) is 0 Å². The molecule has 5 aromatic rings. The molecule has 3 heterocycles. The summed E-state index contributed by atoms with van der Waals surface area (Å²) in [6.07, 6.45) is 1.44. The minimum atomic E-state index is -0.367. The normalized spacial score (nSPS) is 11.5. The van der Waals surface area contributed by atoms with E-state index in [9.17, 15) is 9.18 Å². The molecule has 0 aliphatic rings. The smallest absolute Gasteiger partial charge is 0.271 e. The lowest BCUT2D eigenvalue weighted by Crippen LogP contribution is -2.20. The Balaban J connectivity index is 1.59. The predicted octanol–water partition coefficient (Wildman–Crippen LogP) is 4.76. The van der Waals surface area contributed by atoms with E-state index < -0.39 is 0 Å². The lowest BCUT2D eigenvalue weighted by Gasteiger charge is -2.03. The van der Waals surface area contributed by atoms with Gasteiger partial charge in [0.25, 0.3) is 5.56 Å². The molecule has 0 atom stereocenters. The first-order valence-electron chi connectivity index (χ1n) is 8.69. The zero-order valence-electron chi connectivity index (χ0n) is 14.8. The van der Waals surface area contributed by atoms with Crippen LogP contribution >= 0.6 is 11.3 Å². The van der Waals surface area contributed by atoms with Crippen LogP contribution in [0.1, 0.15) is 11.5 Å². The molecule has 0 radical (unpaired) electrons. The highest BCUT2D eigenvalue weighted by molar-refractivity contribution is 7.25. The third-order valence-electron chi connectivity index (χ3n) is 4.65. The number of fused-ring (bicyclic) bond motifs is 3. The quantitative estimate of drug-likeness (QED) is 0.445. The summed E-state index contributed by atoms with van der Waals surface area (Å²) in [5.74, 6) is 0.792. The molecular weight excluding hydrogens is 377 g/mol. The van der Waals surface area contributed by atoms with Gasteiger partial charge in [0.05, 0.1) is 23.8 Å². The molecule has 3 aromatic heterocycles. The second-order valence-electron chi connectivity index (χ2n) is 6.46. The number of thiophene rings is 1. The molecule has 7 heteroatoms. The van der Waals surface area contributed by atoms with Gasteiger partial charge >= 0.3 is 0 Å². The molecule has 0 saturated heterocycles. The lowest BCUT2D eigenvalue weighted by atomic mass is 10.2. The molecule has 0 aliphatic heterocycles. The van der Waals surface area contributed by atoms with E-state index in [0.717, 1.165) is 5.56 Å². The Hall–Kier alpha value is -3.32. The maximum Gasteiger partial charge on any atom is 0.271 e. The van der Waals surface area contributed by atoms with E-state index in [2.05, 4.69) is 9.97 Å². The summed E-state index contributed by atoms with van der Waals surface area (Å²) in [6.45, 7) is 2.06. The zero-order chi connectivity index (χ0) is 19.3. The van der Waals surface area contributed by atoms with E-state index in [1.165, 1.54) is 28.3 Å². The van der Waals surface area contributed by atoms with Crippen LogP contribution in [0, 0.1) is 12.7 Å². The van der Waals surface area contributed by atoms with Crippen LogP contribution in [0.2, 0.25) is 0 Å². The molecule has 0 saturated carbocycles. The fourth-order valence-electron chi connectivity index (χ4n) is 3.22. The number of rotatable bonds is 3. The highest BCUT2D eigenvalue weighted by Crippen LogP contribution is 2.32. The van der Waals surface area contributed by atoms with Gasteiger partial charge in [-0.2, -0.15) is 0 Å². The molecule has 0 fully saturated rings. The SMILES string of the molecule is Cc1oc(-c2ccccc2)nc1Cn1cnc2c(sc3cccc(F)c32)c1=O. The highest BCUT2D eigenvalue weighted by atomic mass is 32.1. The van der Waals surface area contributed by atoms with Crippen molar-refractivity contribution in [3.8, 4) is 11.5 Å². The van der Waals surface area contributed by atoms with Crippen LogP contribution in [0.3, 0.4) is 0 Å². The Morgan fingerprint density at radius 3 is 2.79 bits per heavy atom. The van der Waals surface area contributed by atoms with Crippen LogP contribution in [0.5, 0.6) is 0 Å². The van der Waals surface area contributed by atoms with Crippen LogP contribution in [0.15, 0.2) is 64.1 Å².